The molecule has 0 fully saturated rings. The van der Waals surface area contributed by atoms with Gasteiger partial charge in [-0.05, 0) is 42.3 Å². The fourth-order valence-corrected chi connectivity index (χ4v) is 2.36. The Labute approximate surface area is 157 Å². The molecule has 0 aliphatic carbocycles. The molecule has 0 saturated carbocycles. The van der Waals surface area contributed by atoms with E-state index in [1.54, 1.807) is 25.7 Å². The van der Waals surface area contributed by atoms with E-state index >= 15 is 0 Å². The Morgan fingerprint density at radius 1 is 1.04 bits per heavy atom. The van der Waals surface area contributed by atoms with Gasteiger partial charge in [-0.15, -0.1) is 0 Å². The molecule has 3 rings (SSSR count). The number of rotatable bonds is 7. The topological polar surface area (TPSA) is 86.2 Å². The van der Waals surface area contributed by atoms with Gasteiger partial charge in [0.1, 0.15) is 12.3 Å². The molecule has 0 aliphatic rings. The van der Waals surface area contributed by atoms with E-state index in [2.05, 4.69) is 20.3 Å². The molecule has 2 heterocycles. The second-order valence-electron chi connectivity index (χ2n) is 5.86. The van der Waals surface area contributed by atoms with E-state index < -0.39 is 0 Å². The minimum absolute atomic E-state index is 0.278. The first-order chi connectivity index (χ1) is 13.2. The summed E-state index contributed by atoms with van der Waals surface area (Å²) in [6, 6.07) is 9.33. The van der Waals surface area contributed by atoms with E-state index in [0.29, 0.717) is 24.7 Å². The van der Waals surface area contributed by atoms with E-state index in [1.807, 2.05) is 37.3 Å². The molecule has 0 aliphatic heterocycles. The van der Waals surface area contributed by atoms with Gasteiger partial charge in [-0.25, -0.2) is 4.98 Å². The van der Waals surface area contributed by atoms with Gasteiger partial charge >= 0.3 is 0 Å². The quantitative estimate of drug-likeness (QED) is 0.694. The number of amides is 1. The summed E-state index contributed by atoms with van der Waals surface area (Å²) in [7, 11) is 1.58. The van der Waals surface area contributed by atoms with Crippen molar-refractivity contribution in [3.05, 3.63) is 77.6 Å². The molecule has 138 valence electrons. The number of carbonyl (C=O) groups excluding carboxylic acids is 1. The number of ether oxygens (including phenoxy) is 2. The van der Waals surface area contributed by atoms with E-state index in [-0.39, 0.29) is 11.6 Å². The van der Waals surface area contributed by atoms with Gasteiger partial charge in [0.05, 0.1) is 19.0 Å². The average molecular weight is 364 g/mol. The van der Waals surface area contributed by atoms with Crippen molar-refractivity contribution in [2.75, 3.05) is 7.11 Å². The first kappa shape index (κ1) is 18.3. The molecule has 2 aromatic heterocycles. The largest absolute Gasteiger partial charge is 0.493 e. The van der Waals surface area contributed by atoms with Gasteiger partial charge in [-0.3, -0.25) is 14.8 Å². The Balaban J connectivity index is 1.61. The van der Waals surface area contributed by atoms with Crippen molar-refractivity contribution >= 4 is 5.91 Å². The molecule has 7 heteroatoms. The van der Waals surface area contributed by atoms with Crippen LogP contribution < -0.4 is 14.8 Å². The third-order valence-corrected chi connectivity index (χ3v) is 3.84. The highest BCUT2D eigenvalue weighted by atomic mass is 16.5. The number of hydrogen-bond acceptors (Lipinski definition) is 6. The number of methoxy groups -OCH3 is 1. The molecule has 1 amide bonds. The first-order valence-electron chi connectivity index (χ1n) is 8.41. The van der Waals surface area contributed by atoms with Gasteiger partial charge < -0.3 is 14.8 Å². The summed E-state index contributed by atoms with van der Waals surface area (Å²) in [4.78, 5) is 24.3. The third kappa shape index (κ3) is 5.01. The molecule has 0 radical (unpaired) electrons. The van der Waals surface area contributed by atoms with Gasteiger partial charge in [-0.2, -0.15) is 0 Å². The molecule has 3 aromatic rings. The Bertz CT molecular complexity index is 899. The van der Waals surface area contributed by atoms with Crippen LogP contribution in [-0.2, 0) is 13.2 Å². The van der Waals surface area contributed by atoms with Crippen LogP contribution in [0.5, 0.6) is 11.5 Å². The predicted octanol–water partition coefficient (Wildman–Crippen LogP) is 2.70. The lowest BCUT2D eigenvalue weighted by molar-refractivity contribution is 0.0945. The van der Waals surface area contributed by atoms with Gasteiger partial charge in [0.2, 0.25) is 0 Å². The normalized spacial score (nSPS) is 10.3. The fraction of sp³-hybridized carbons (Fsp3) is 0.200. The van der Waals surface area contributed by atoms with Crippen LogP contribution in [0.15, 0.2) is 55.1 Å². The summed E-state index contributed by atoms with van der Waals surface area (Å²) in [6.45, 7) is 2.58. The minimum atomic E-state index is -0.278. The lowest BCUT2D eigenvalue weighted by Crippen LogP contribution is -2.24. The Hall–Kier alpha value is -3.48. The second-order valence-corrected chi connectivity index (χ2v) is 5.86. The second kappa shape index (κ2) is 8.75. The van der Waals surface area contributed by atoms with E-state index in [4.69, 9.17) is 9.47 Å². The van der Waals surface area contributed by atoms with E-state index in [0.717, 1.165) is 16.8 Å². The minimum Gasteiger partial charge on any atom is -0.493 e. The lowest BCUT2D eigenvalue weighted by Gasteiger charge is -2.12. The van der Waals surface area contributed by atoms with Crippen molar-refractivity contribution in [3.63, 3.8) is 0 Å². The molecule has 7 nitrogen and oxygen atoms in total. The van der Waals surface area contributed by atoms with Crippen molar-refractivity contribution in [2.45, 2.75) is 20.1 Å². The van der Waals surface area contributed by atoms with Crippen LogP contribution in [0.2, 0.25) is 0 Å². The molecule has 1 N–H and O–H groups in total. The number of pyridine rings is 1. The number of nitrogens with one attached hydrogen (secondary N) is 1. The van der Waals surface area contributed by atoms with Crippen molar-refractivity contribution < 1.29 is 14.3 Å². The molecule has 27 heavy (non-hydrogen) atoms. The van der Waals surface area contributed by atoms with Crippen molar-refractivity contribution in [1.29, 1.82) is 0 Å². The maximum Gasteiger partial charge on any atom is 0.271 e. The summed E-state index contributed by atoms with van der Waals surface area (Å²) >= 11 is 0. The highest BCUT2D eigenvalue weighted by Crippen LogP contribution is 2.28. The lowest BCUT2D eigenvalue weighted by atomic mass is 10.2. The Morgan fingerprint density at radius 3 is 2.56 bits per heavy atom. The number of benzene rings is 1. The van der Waals surface area contributed by atoms with Crippen LogP contribution in [0.1, 0.15) is 27.3 Å². The van der Waals surface area contributed by atoms with Gasteiger partial charge in [-0.1, -0.05) is 6.07 Å². The van der Waals surface area contributed by atoms with Crippen molar-refractivity contribution in [2.24, 2.45) is 0 Å². The zero-order valence-electron chi connectivity index (χ0n) is 15.2. The molecular formula is C20H20N4O3. The summed E-state index contributed by atoms with van der Waals surface area (Å²) in [5.74, 6) is 0.958. The summed E-state index contributed by atoms with van der Waals surface area (Å²) in [5.41, 5.74) is 2.95. The smallest absolute Gasteiger partial charge is 0.271 e. The first-order valence-corrected chi connectivity index (χ1v) is 8.41. The monoisotopic (exact) mass is 364 g/mol. The van der Waals surface area contributed by atoms with E-state index in [1.165, 1.54) is 6.20 Å². The summed E-state index contributed by atoms with van der Waals surface area (Å²) < 4.78 is 11.2. The van der Waals surface area contributed by atoms with Crippen LogP contribution in [0.3, 0.4) is 0 Å². The van der Waals surface area contributed by atoms with Crippen molar-refractivity contribution in [1.82, 2.24) is 20.3 Å². The van der Waals surface area contributed by atoms with Gasteiger partial charge in [0.15, 0.2) is 11.5 Å². The van der Waals surface area contributed by atoms with Crippen LogP contribution in [-0.4, -0.2) is 28.0 Å². The molecule has 0 spiro atoms. The summed E-state index contributed by atoms with van der Waals surface area (Å²) in [6.07, 6.45) is 6.47. The number of aromatic nitrogens is 3. The summed E-state index contributed by atoms with van der Waals surface area (Å²) in [5, 5.41) is 2.82. The number of aryl methyl sites for hydroxylation is 1. The van der Waals surface area contributed by atoms with Gasteiger partial charge in [0, 0.05) is 25.1 Å². The number of nitrogens with zero attached hydrogens (tertiary/aromatic N) is 3. The zero-order chi connectivity index (χ0) is 19.1. The molecule has 0 unspecified atom stereocenters. The van der Waals surface area contributed by atoms with Crippen molar-refractivity contribution in [3.8, 4) is 11.5 Å². The molecule has 0 saturated heterocycles. The molecule has 1 aromatic carbocycles. The van der Waals surface area contributed by atoms with E-state index in [9.17, 15) is 4.79 Å². The maximum absolute atomic E-state index is 12.1. The fourth-order valence-electron chi connectivity index (χ4n) is 2.36. The molecule has 0 bridgehead atoms. The average Bonchev–Trinajstić information content (AvgIpc) is 2.72. The molecule has 0 atom stereocenters. The Morgan fingerprint density at radius 2 is 1.85 bits per heavy atom. The predicted molar refractivity (Wildman–Crippen MR) is 99.5 cm³/mol. The van der Waals surface area contributed by atoms with Gasteiger partial charge in [0.25, 0.3) is 5.91 Å². The maximum atomic E-state index is 12.1. The van der Waals surface area contributed by atoms with Crippen LogP contribution >= 0.6 is 0 Å². The van der Waals surface area contributed by atoms with Crippen LogP contribution in [0.4, 0.5) is 0 Å². The molecular weight excluding hydrogens is 344 g/mol. The SMILES string of the molecule is COc1cc(CNC(=O)c2cnc(C)cn2)ccc1OCc1ccncc1. The van der Waals surface area contributed by atoms with Crippen LogP contribution in [0.25, 0.3) is 0 Å². The highest BCUT2D eigenvalue weighted by Gasteiger charge is 2.10. The number of carbonyl (C=O) groups is 1. The Kier molecular flexibility index (Phi) is 5.94. The standard InChI is InChI=1S/C20H20N4O3/c1-14-10-23-17(12-22-14)20(25)24-11-16-3-4-18(19(9-16)26-2)27-13-15-5-7-21-8-6-15/h3-10,12H,11,13H2,1-2H3,(H,24,25). The van der Waals surface area contributed by atoms with Crippen LogP contribution in [0, 0.1) is 6.92 Å². The third-order valence-electron chi connectivity index (χ3n) is 3.84. The zero-order valence-corrected chi connectivity index (χ0v) is 15.2. The number of hydrogen-bond donors (Lipinski definition) is 1. The highest BCUT2D eigenvalue weighted by molar-refractivity contribution is 5.91.